The lowest BCUT2D eigenvalue weighted by atomic mass is 9.91. The van der Waals surface area contributed by atoms with E-state index in [1.165, 1.54) is 6.07 Å². The normalized spacial score (nSPS) is 14.4. The first-order chi connectivity index (χ1) is 9.98. The second-order valence-corrected chi connectivity index (χ2v) is 7.09. The molecule has 1 rings (SSSR count). The predicted octanol–water partition coefficient (Wildman–Crippen LogP) is 3.69. The van der Waals surface area contributed by atoms with Gasteiger partial charge in [0.1, 0.15) is 17.2 Å². The number of halogens is 3. The standard InChI is InChI=1S/C15H21BrF2N2O2/c1-14(2,3)22-13(21)20-15(4,8-19-5)9-6-10(16)12(18)7-11(9)17/h6-7,19H,8H2,1-5H3,(H,20,21). The number of alkyl carbamates (subject to hydrolysis) is 1. The van der Waals surface area contributed by atoms with Crippen LogP contribution in [0.15, 0.2) is 16.6 Å². The second kappa shape index (κ2) is 6.91. The van der Waals surface area contributed by atoms with Crippen molar-refractivity contribution in [3.05, 3.63) is 33.8 Å². The Morgan fingerprint density at radius 3 is 2.32 bits per heavy atom. The van der Waals surface area contributed by atoms with E-state index in [9.17, 15) is 13.6 Å². The first-order valence-corrected chi connectivity index (χ1v) is 7.58. The Morgan fingerprint density at radius 1 is 1.23 bits per heavy atom. The topological polar surface area (TPSA) is 50.4 Å². The van der Waals surface area contributed by atoms with Crippen LogP contribution in [0.2, 0.25) is 0 Å². The molecule has 1 aromatic carbocycles. The summed E-state index contributed by atoms with van der Waals surface area (Å²) in [5.41, 5.74) is -1.62. The highest BCUT2D eigenvalue weighted by Gasteiger charge is 2.33. The number of ether oxygens (including phenoxy) is 1. The maximum Gasteiger partial charge on any atom is 0.408 e. The van der Waals surface area contributed by atoms with Crippen LogP contribution in [0.4, 0.5) is 13.6 Å². The predicted molar refractivity (Wildman–Crippen MR) is 84.7 cm³/mol. The fourth-order valence-corrected chi connectivity index (χ4v) is 2.38. The molecule has 22 heavy (non-hydrogen) atoms. The molecule has 0 fully saturated rings. The van der Waals surface area contributed by atoms with Crippen LogP contribution >= 0.6 is 15.9 Å². The maximum atomic E-state index is 14.2. The molecule has 0 aromatic heterocycles. The number of hydrogen-bond donors (Lipinski definition) is 2. The lowest BCUT2D eigenvalue weighted by Crippen LogP contribution is -2.51. The van der Waals surface area contributed by atoms with E-state index in [2.05, 4.69) is 26.6 Å². The largest absolute Gasteiger partial charge is 0.444 e. The number of carbonyl (C=O) groups is 1. The Morgan fingerprint density at radius 2 is 1.82 bits per heavy atom. The number of likely N-dealkylation sites (N-methyl/N-ethyl adjacent to an activating group) is 1. The summed E-state index contributed by atoms with van der Waals surface area (Å²) in [4.78, 5) is 12.0. The van der Waals surface area contributed by atoms with E-state index < -0.39 is 28.9 Å². The molecule has 7 heteroatoms. The van der Waals surface area contributed by atoms with Gasteiger partial charge in [-0.15, -0.1) is 0 Å². The molecule has 1 amide bonds. The summed E-state index contributed by atoms with van der Waals surface area (Å²) >= 11 is 3.03. The van der Waals surface area contributed by atoms with E-state index in [1.807, 2.05) is 0 Å². The number of rotatable bonds is 4. The van der Waals surface area contributed by atoms with Crippen LogP contribution in [0.3, 0.4) is 0 Å². The van der Waals surface area contributed by atoms with E-state index in [4.69, 9.17) is 4.74 Å². The van der Waals surface area contributed by atoms with Crippen molar-refractivity contribution in [1.82, 2.24) is 10.6 Å². The zero-order chi connectivity index (χ0) is 17.1. The van der Waals surface area contributed by atoms with Gasteiger partial charge in [-0.1, -0.05) is 0 Å². The summed E-state index contributed by atoms with van der Waals surface area (Å²) in [5, 5.41) is 5.54. The fourth-order valence-electron chi connectivity index (χ4n) is 2.03. The molecule has 0 aliphatic carbocycles. The highest BCUT2D eigenvalue weighted by atomic mass is 79.9. The Labute approximate surface area is 137 Å². The number of benzene rings is 1. The van der Waals surface area contributed by atoms with Crippen molar-refractivity contribution in [2.24, 2.45) is 0 Å². The van der Waals surface area contributed by atoms with E-state index >= 15 is 0 Å². The molecule has 4 nitrogen and oxygen atoms in total. The van der Waals surface area contributed by atoms with Crippen molar-refractivity contribution >= 4 is 22.0 Å². The Bertz CT molecular complexity index is 561. The Kier molecular flexibility index (Phi) is 5.92. The van der Waals surface area contributed by atoms with Gasteiger partial charge in [0.15, 0.2) is 0 Å². The fraction of sp³-hybridized carbons (Fsp3) is 0.533. The molecule has 1 atom stereocenters. The van der Waals surface area contributed by atoms with Gasteiger partial charge in [-0.05, 0) is 56.7 Å². The molecule has 0 aliphatic rings. The lowest BCUT2D eigenvalue weighted by molar-refractivity contribution is 0.0459. The molecule has 1 unspecified atom stereocenters. The lowest BCUT2D eigenvalue weighted by Gasteiger charge is -2.33. The molecule has 0 aliphatic heterocycles. The minimum Gasteiger partial charge on any atom is -0.444 e. The van der Waals surface area contributed by atoms with E-state index in [-0.39, 0.29) is 16.6 Å². The first kappa shape index (κ1) is 18.8. The quantitative estimate of drug-likeness (QED) is 0.785. The summed E-state index contributed by atoms with van der Waals surface area (Å²) in [6.07, 6.45) is -0.676. The number of carbonyl (C=O) groups excluding carboxylic acids is 1. The van der Waals surface area contributed by atoms with Crippen LogP contribution in [0.25, 0.3) is 0 Å². The zero-order valence-electron chi connectivity index (χ0n) is 13.3. The van der Waals surface area contributed by atoms with Gasteiger partial charge in [-0.25, -0.2) is 13.6 Å². The number of amides is 1. The molecule has 0 saturated heterocycles. The summed E-state index contributed by atoms with van der Waals surface area (Å²) in [5.74, 6) is -1.44. The van der Waals surface area contributed by atoms with E-state index in [0.717, 1.165) is 6.07 Å². The van der Waals surface area contributed by atoms with Gasteiger partial charge in [-0.3, -0.25) is 0 Å². The van der Waals surface area contributed by atoms with E-state index in [0.29, 0.717) is 0 Å². The van der Waals surface area contributed by atoms with Crippen molar-refractivity contribution in [1.29, 1.82) is 0 Å². The molecule has 0 spiro atoms. The van der Waals surface area contributed by atoms with Crippen LogP contribution in [0.1, 0.15) is 33.3 Å². The summed E-state index contributed by atoms with van der Waals surface area (Å²) in [6, 6.07) is 2.10. The summed E-state index contributed by atoms with van der Waals surface area (Å²) < 4.78 is 32.9. The molecule has 0 saturated carbocycles. The van der Waals surface area contributed by atoms with Crippen molar-refractivity contribution in [2.75, 3.05) is 13.6 Å². The third-order valence-electron chi connectivity index (χ3n) is 2.91. The van der Waals surface area contributed by atoms with Gasteiger partial charge in [-0.2, -0.15) is 0 Å². The minimum atomic E-state index is -1.10. The number of hydrogen-bond acceptors (Lipinski definition) is 3. The number of nitrogens with one attached hydrogen (secondary N) is 2. The maximum absolute atomic E-state index is 14.2. The van der Waals surface area contributed by atoms with Gasteiger partial charge in [0.25, 0.3) is 0 Å². The van der Waals surface area contributed by atoms with Crippen LogP contribution in [-0.4, -0.2) is 25.3 Å². The highest BCUT2D eigenvalue weighted by molar-refractivity contribution is 9.10. The molecule has 0 heterocycles. The van der Waals surface area contributed by atoms with E-state index in [1.54, 1.807) is 34.7 Å². The molecule has 0 bridgehead atoms. The molecule has 0 radical (unpaired) electrons. The molecule has 124 valence electrons. The minimum absolute atomic E-state index is 0.122. The van der Waals surface area contributed by atoms with Crippen molar-refractivity contribution in [2.45, 2.75) is 38.8 Å². The monoisotopic (exact) mass is 378 g/mol. The summed E-state index contributed by atoms with van der Waals surface area (Å²) in [6.45, 7) is 7.07. The van der Waals surface area contributed by atoms with Crippen molar-refractivity contribution < 1.29 is 18.3 Å². The van der Waals surface area contributed by atoms with Crippen LogP contribution in [0, 0.1) is 11.6 Å². The summed E-state index contributed by atoms with van der Waals surface area (Å²) in [7, 11) is 1.67. The van der Waals surface area contributed by atoms with Crippen LogP contribution in [0.5, 0.6) is 0 Å². The molecule has 1 aromatic rings. The van der Waals surface area contributed by atoms with Gasteiger partial charge < -0.3 is 15.4 Å². The average molecular weight is 379 g/mol. The molecular weight excluding hydrogens is 358 g/mol. The van der Waals surface area contributed by atoms with Gasteiger partial charge >= 0.3 is 6.09 Å². The third-order valence-corrected chi connectivity index (χ3v) is 3.52. The van der Waals surface area contributed by atoms with Crippen molar-refractivity contribution in [3.8, 4) is 0 Å². The smallest absolute Gasteiger partial charge is 0.408 e. The SMILES string of the molecule is CNCC(C)(NC(=O)OC(C)(C)C)c1cc(Br)c(F)cc1F. The first-order valence-electron chi connectivity index (χ1n) is 6.79. The second-order valence-electron chi connectivity index (χ2n) is 6.24. The zero-order valence-corrected chi connectivity index (χ0v) is 14.9. The van der Waals surface area contributed by atoms with Gasteiger partial charge in [0, 0.05) is 18.2 Å². The Balaban J connectivity index is 3.15. The van der Waals surface area contributed by atoms with Gasteiger partial charge in [0.2, 0.25) is 0 Å². The van der Waals surface area contributed by atoms with Crippen LogP contribution in [-0.2, 0) is 10.3 Å². The van der Waals surface area contributed by atoms with Gasteiger partial charge in [0.05, 0.1) is 10.0 Å². The molecule has 2 N–H and O–H groups in total. The third kappa shape index (κ3) is 4.91. The average Bonchev–Trinajstić information content (AvgIpc) is 2.31. The van der Waals surface area contributed by atoms with Crippen molar-refractivity contribution in [3.63, 3.8) is 0 Å². The Hall–Kier alpha value is -1.21. The highest BCUT2D eigenvalue weighted by Crippen LogP contribution is 2.28. The van der Waals surface area contributed by atoms with Crippen LogP contribution < -0.4 is 10.6 Å². The molecular formula is C15H21BrF2N2O2.